The summed E-state index contributed by atoms with van der Waals surface area (Å²) in [5, 5.41) is 3.70. The van der Waals surface area contributed by atoms with Crippen LogP contribution in [-0.2, 0) is 0 Å². The molecule has 1 nitrogen and oxygen atoms in total. The van der Waals surface area contributed by atoms with Crippen LogP contribution in [0.25, 0.3) is 0 Å². The molecular weight excluding hydrogens is 158 g/mol. The van der Waals surface area contributed by atoms with E-state index in [1.165, 1.54) is 45.1 Å². The SMILES string of the molecule is CCCC(C)(C)NCC1CCCC1. The lowest BCUT2D eigenvalue weighted by Crippen LogP contribution is -2.41. The lowest BCUT2D eigenvalue weighted by Gasteiger charge is -2.27. The predicted molar refractivity (Wildman–Crippen MR) is 58.9 cm³/mol. The van der Waals surface area contributed by atoms with E-state index in [9.17, 15) is 0 Å². The molecule has 0 spiro atoms. The minimum absolute atomic E-state index is 0.358. The first-order valence-electron chi connectivity index (χ1n) is 5.89. The summed E-state index contributed by atoms with van der Waals surface area (Å²) < 4.78 is 0. The van der Waals surface area contributed by atoms with Crippen molar-refractivity contribution in [1.29, 1.82) is 0 Å². The summed E-state index contributed by atoms with van der Waals surface area (Å²) in [6.07, 6.45) is 8.40. The van der Waals surface area contributed by atoms with Crippen LogP contribution >= 0.6 is 0 Å². The largest absolute Gasteiger partial charge is 0.312 e. The van der Waals surface area contributed by atoms with Crippen molar-refractivity contribution in [3.63, 3.8) is 0 Å². The predicted octanol–water partition coefficient (Wildman–Crippen LogP) is 3.34. The molecule has 0 aromatic carbocycles. The van der Waals surface area contributed by atoms with Crippen molar-refractivity contribution in [3.05, 3.63) is 0 Å². The van der Waals surface area contributed by atoms with Crippen molar-refractivity contribution >= 4 is 0 Å². The summed E-state index contributed by atoms with van der Waals surface area (Å²) in [5.41, 5.74) is 0.358. The molecule has 1 saturated carbocycles. The van der Waals surface area contributed by atoms with Gasteiger partial charge in [0.2, 0.25) is 0 Å². The van der Waals surface area contributed by atoms with Gasteiger partial charge in [-0.3, -0.25) is 0 Å². The number of hydrogen-bond donors (Lipinski definition) is 1. The lowest BCUT2D eigenvalue weighted by atomic mass is 9.97. The standard InChI is InChI=1S/C12H25N/c1-4-9-12(2,3)13-10-11-7-5-6-8-11/h11,13H,4-10H2,1-3H3. The molecule has 1 heteroatoms. The van der Waals surface area contributed by atoms with E-state index >= 15 is 0 Å². The van der Waals surface area contributed by atoms with Crippen LogP contribution in [-0.4, -0.2) is 12.1 Å². The van der Waals surface area contributed by atoms with Gasteiger partial charge in [0.15, 0.2) is 0 Å². The van der Waals surface area contributed by atoms with E-state index in [0.29, 0.717) is 5.54 Å². The summed E-state index contributed by atoms with van der Waals surface area (Å²) in [6.45, 7) is 8.16. The summed E-state index contributed by atoms with van der Waals surface area (Å²) >= 11 is 0. The van der Waals surface area contributed by atoms with Gasteiger partial charge in [0, 0.05) is 5.54 Å². The van der Waals surface area contributed by atoms with Gasteiger partial charge in [0.1, 0.15) is 0 Å². The van der Waals surface area contributed by atoms with Crippen molar-refractivity contribution < 1.29 is 0 Å². The van der Waals surface area contributed by atoms with Crippen molar-refractivity contribution in [2.75, 3.05) is 6.54 Å². The van der Waals surface area contributed by atoms with Gasteiger partial charge in [-0.1, -0.05) is 26.2 Å². The van der Waals surface area contributed by atoms with Gasteiger partial charge in [-0.05, 0) is 45.6 Å². The highest BCUT2D eigenvalue weighted by molar-refractivity contribution is 4.79. The van der Waals surface area contributed by atoms with Crippen LogP contribution in [0.2, 0.25) is 0 Å². The van der Waals surface area contributed by atoms with Crippen LogP contribution in [0.3, 0.4) is 0 Å². The van der Waals surface area contributed by atoms with Gasteiger partial charge < -0.3 is 5.32 Å². The van der Waals surface area contributed by atoms with Crippen molar-refractivity contribution in [2.24, 2.45) is 5.92 Å². The van der Waals surface area contributed by atoms with Gasteiger partial charge in [0.25, 0.3) is 0 Å². The molecule has 0 amide bonds. The fourth-order valence-electron chi connectivity index (χ4n) is 2.35. The van der Waals surface area contributed by atoms with Crippen LogP contribution in [0.5, 0.6) is 0 Å². The van der Waals surface area contributed by atoms with Gasteiger partial charge in [-0.15, -0.1) is 0 Å². The zero-order valence-corrected chi connectivity index (χ0v) is 9.53. The van der Waals surface area contributed by atoms with Crippen LogP contribution in [0.4, 0.5) is 0 Å². The molecule has 1 fully saturated rings. The Hall–Kier alpha value is -0.0400. The molecular formula is C12H25N. The van der Waals surface area contributed by atoms with Gasteiger partial charge in [-0.25, -0.2) is 0 Å². The zero-order chi connectivity index (χ0) is 9.73. The Bertz CT molecular complexity index is 134. The smallest absolute Gasteiger partial charge is 0.0125 e. The van der Waals surface area contributed by atoms with E-state index in [1.54, 1.807) is 0 Å². The maximum Gasteiger partial charge on any atom is 0.0125 e. The Balaban J connectivity index is 2.15. The van der Waals surface area contributed by atoms with Crippen molar-refractivity contribution in [1.82, 2.24) is 5.32 Å². The Morgan fingerprint density at radius 2 is 1.85 bits per heavy atom. The van der Waals surface area contributed by atoms with E-state index in [-0.39, 0.29) is 0 Å². The second-order valence-corrected chi connectivity index (χ2v) is 5.17. The van der Waals surface area contributed by atoms with E-state index in [1.807, 2.05) is 0 Å². The Morgan fingerprint density at radius 3 is 2.38 bits per heavy atom. The third-order valence-electron chi connectivity index (χ3n) is 3.22. The average Bonchev–Trinajstić information content (AvgIpc) is 2.52. The molecule has 0 aliphatic heterocycles. The van der Waals surface area contributed by atoms with E-state index in [2.05, 4.69) is 26.1 Å². The van der Waals surface area contributed by atoms with E-state index in [0.717, 1.165) is 5.92 Å². The van der Waals surface area contributed by atoms with Crippen molar-refractivity contribution in [2.45, 2.75) is 64.8 Å². The maximum absolute atomic E-state index is 3.70. The minimum Gasteiger partial charge on any atom is -0.312 e. The monoisotopic (exact) mass is 183 g/mol. The van der Waals surface area contributed by atoms with Crippen LogP contribution in [0.1, 0.15) is 59.3 Å². The molecule has 0 unspecified atom stereocenters. The summed E-state index contributed by atoms with van der Waals surface area (Å²) in [5.74, 6) is 0.969. The lowest BCUT2D eigenvalue weighted by molar-refractivity contribution is 0.327. The Morgan fingerprint density at radius 1 is 1.23 bits per heavy atom. The molecule has 1 rings (SSSR count). The van der Waals surface area contributed by atoms with E-state index in [4.69, 9.17) is 0 Å². The molecule has 0 bridgehead atoms. The highest BCUT2D eigenvalue weighted by atomic mass is 15.0. The molecule has 0 aromatic heterocycles. The first kappa shape index (κ1) is 11.0. The maximum atomic E-state index is 3.70. The molecule has 0 atom stereocenters. The molecule has 0 heterocycles. The zero-order valence-electron chi connectivity index (χ0n) is 9.53. The fourth-order valence-corrected chi connectivity index (χ4v) is 2.35. The highest BCUT2D eigenvalue weighted by Crippen LogP contribution is 2.24. The third kappa shape index (κ3) is 4.12. The summed E-state index contributed by atoms with van der Waals surface area (Å²) in [6, 6.07) is 0. The molecule has 13 heavy (non-hydrogen) atoms. The molecule has 0 radical (unpaired) electrons. The molecule has 0 saturated heterocycles. The second kappa shape index (κ2) is 4.99. The highest BCUT2D eigenvalue weighted by Gasteiger charge is 2.20. The fraction of sp³-hybridized carbons (Fsp3) is 1.00. The normalized spacial score (nSPS) is 19.6. The third-order valence-corrected chi connectivity index (χ3v) is 3.22. The Kier molecular flexibility index (Phi) is 4.24. The van der Waals surface area contributed by atoms with Crippen LogP contribution in [0.15, 0.2) is 0 Å². The number of nitrogens with one attached hydrogen (secondary N) is 1. The molecule has 78 valence electrons. The summed E-state index contributed by atoms with van der Waals surface area (Å²) in [4.78, 5) is 0. The first-order chi connectivity index (χ1) is 6.14. The van der Waals surface area contributed by atoms with Crippen LogP contribution < -0.4 is 5.32 Å². The summed E-state index contributed by atoms with van der Waals surface area (Å²) in [7, 11) is 0. The Labute approximate surface area is 83.3 Å². The molecule has 1 N–H and O–H groups in total. The van der Waals surface area contributed by atoms with Gasteiger partial charge in [-0.2, -0.15) is 0 Å². The van der Waals surface area contributed by atoms with Gasteiger partial charge >= 0.3 is 0 Å². The quantitative estimate of drug-likeness (QED) is 0.689. The molecule has 1 aliphatic rings. The minimum atomic E-state index is 0.358. The second-order valence-electron chi connectivity index (χ2n) is 5.17. The number of rotatable bonds is 5. The van der Waals surface area contributed by atoms with Gasteiger partial charge in [0.05, 0.1) is 0 Å². The molecule has 1 aliphatic carbocycles. The van der Waals surface area contributed by atoms with Crippen molar-refractivity contribution in [3.8, 4) is 0 Å². The topological polar surface area (TPSA) is 12.0 Å². The average molecular weight is 183 g/mol. The van der Waals surface area contributed by atoms with E-state index < -0.39 is 0 Å². The number of hydrogen-bond acceptors (Lipinski definition) is 1. The molecule has 0 aromatic rings. The van der Waals surface area contributed by atoms with Crippen LogP contribution in [0, 0.1) is 5.92 Å². The first-order valence-corrected chi connectivity index (χ1v) is 5.89.